The minimum Gasteiger partial charge on any atom is -0.797 e. The Morgan fingerprint density at radius 2 is 0.444 bits per heavy atom. The molecule has 0 saturated heterocycles. The van der Waals surface area contributed by atoms with Crippen LogP contribution in [0, 0.1) is 0 Å². The number of rotatable bonds is 18. The van der Waals surface area contributed by atoms with Gasteiger partial charge in [-0.3, -0.25) is 0 Å². The zero-order chi connectivity index (χ0) is 28.0. The third-order valence-corrected chi connectivity index (χ3v) is 14.6. The molecule has 0 aliphatic heterocycles. The van der Waals surface area contributed by atoms with Crippen LogP contribution in [0.1, 0.15) is 120 Å². The largest absolute Gasteiger partial charge is 1.00 e. The van der Waals surface area contributed by atoms with Gasteiger partial charge in [-0.1, -0.05) is 147 Å². The molecule has 0 aliphatic carbocycles. The van der Waals surface area contributed by atoms with Crippen LogP contribution in [0.5, 0.6) is 0 Å². The first kappa shape index (κ1) is 48.1. The minimum absolute atomic E-state index is 0. The fourth-order valence-electron chi connectivity index (χ4n) is 3.85. The summed E-state index contributed by atoms with van der Waals surface area (Å²) in [6.07, 6.45) is 26.1. The predicted octanol–water partition coefficient (Wildman–Crippen LogP) is 12.5. The SMILES string of the molecule is CCCP(CCC)CCC.CCCP(CCC)CCC.CCCP(CCC)CCC.C[Si](C)(C)[S-].[Cu+]. The van der Waals surface area contributed by atoms with E-state index >= 15 is 0 Å². The Morgan fingerprint density at radius 3 is 0.500 bits per heavy atom. The maximum atomic E-state index is 4.97. The van der Waals surface area contributed by atoms with Gasteiger partial charge >= 0.3 is 17.1 Å². The van der Waals surface area contributed by atoms with E-state index in [1.807, 2.05) is 0 Å². The van der Waals surface area contributed by atoms with Crippen LogP contribution in [0.3, 0.4) is 0 Å². The van der Waals surface area contributed by atoms with Gasteiger partial charge in [-0.05, 0) is 55.5 Å². The molecule has 0 unspecified atom stereocenters. The second-order valence-electron chi connectivity index (χ2n) is 10.6. The van der Waals surface area contributed by atoms with Crippen molar-refractivity contribution < 1.29 is 17.1 Å². The van der Waals surface area contributed by atoms with E-state index < -0.39 is 7.22 Å². The Labute approximate surface area is 254 Å². The topological polar surface area (TPSA) is 0 Å². The van der Waals surface area contributed by atoms with Crippen molar-refractivity contribution in [1.82, 2.24) is 0 Å². The summed E-state index contributed by atoms with van der Waals surface area (Å²) in [4.78, 5) is 0. The van der Waals surface area contributed by atoms with Crippen LogP contribution in [0.4, 0.5) is 0 Å². The van der Waals surface area contributed by atoms with E-state index in [2.05, 4.69) is 82.0 Å². The first-order valence-electron chi connectivity index (χ1n) is 15.4. The van der Waals surface area contributed by atoms with Crippen molar-refractivity contribution in [2.24, 2.45) is 0 Å². The zero-order valence-electron chi connectivity index (χ0n) is 27.3. The normalized spacial score (nSPS) is 10.7. The fraction of sp³-hybridized carbons (Fsp3) is 1.00. The molecule has 0 nitrogen and oxygen atoms in total. The average molecular weight is 650 g/mol. The quantitative estimate of drug-likeness (QED) is 0.0809. The van der Waals surface area contributed by atoms with Gasteiger partial charge in [0.25, 0.3) is 0 Å². The zero-order valence-corrected chi connectivity index (χ0v) is 32.7. The molecule has 0 aromatic heterocycles. The van der Waals surface area contributed by atoms with Crippen LogP contribution < -0.4 is 0 Å². The van der Waals surface area contributed by atoms with Gasteiger partial charge in [0.2, 0.25) is 0 Å². The van der Waals surface area contributed by atoms with E-state index in [1.165, 1.54) is 113 Å². The van der Waals surface area contributed by atoms with Crippen LogP contribution in [-0.2, 0) is 29.1 Å². The van der Waals surface area contributed by atoms with Gasteiger partial charge in [-0.2, -0.15) is 0 Å². The molecule has 0 aromatic carbocycles. The Hall–Kier alpha value is 2.38. The smallest absolute Gasteiger partial charge is 0.797 e. The molecular formula is C30H72CuP3SSi. The third kappa shape index (κ3) is 52.8. The summed E-state index contributed by atoms with van der Waals surface area (Å²) in [6, 6.07) is 0. The van der Waals surface area contributed by atoms with Crippen molar-refractivity contribution in [2.45, 2.75) is 140 Å². The van der Waals surface area contributed by atoms with Crippen molar-refractivity contribution in [3.05, 3.63) is 0 Å². The molecule has 0 rings (SSSR count). The number of hydrogen-bond donors (Lipinski definition) is 0. The Bertz CT molecular complexity index is 266. The van der Waals surface area contributed by atoms with Gasteiger partial charge in [0, 0.05) is 0 Å². The van der Waals surface area contributed by atoms with Gasteiger partial charge in [0.05, 0.1) is 0 Å². The number of hydrogen-bond acceptors (Lipinski definition) is 1. The first-order chi connectivity index (χ1) is 16.5. The van der Waals surface area contributed by atoms with E-state index in [0.29, 0.717) is 23.8 Å². The Morgan fingerprint density at radius 1 is 0.361 bits per heavy atom. The van der Waals surface area contributed by atoms with E-state index in [4.69, 9.17) is 12.1 Å². The maximum absolute atomic E-state index is 4.97. The Kier molecular flexibility index (Phi) is 52.8. The summed E-state index contributed by atoms with van der Waals surface area (Å²) in [5.74, 6) is 0. The van der Waals surface area contributed by atoms with Crippen LogP contribution in [0.2, 0.25) is 19.6 Å². The molecule has 228 valence electrons. The summed E-state index contributed by atoms with van der Waals surface area (Å²) in [5.41, 5.74) is 0. The van der Waals surface area contributed by atoms with Gasteiger partial charge < -0.3 is 12.1 Å². The summed E-state index contributed by atoms with van der Waals surface area (Å²) < 4.78 is 0. The molecule has 0 saturated carbocycles. The standard InChI is InChI=1S/3C9H21P.C3H9SSi.Cu/c3*1-4-7-10(8-5-2)9-6-3;1-5(2,3)4;/h3*4-9H2,1-3H3;1-3H3;/q;;;-1;+1. The molecule has 36 heavy (non-hydrogen) atoms. The molecule has 0 heterocycles. The molecular weight excluding hydrogens is 577 g/mol. The summed E-state index contributed by atoms with van der Waals surface area (Å²) >= 11 is 4.97. The minimum atomic E-state index is -1.03. The van der Waals surface area contributed by atoms with Gasteiger partial charge in [-0.25, -0.2) is 0 Å². The Balaban J connectivity index is -0.000000121. The maximum Gasteiger partial charge on any atom is 1.00 e. The second-order valence-corrected chi connectivity index (χ2v) is 26.6. The molecule has 0 radical (unpaired) electrons. The molecule has 0 amide bonds. The van der Waals surface area contributed by atoms with Gasteiger partial charge in [0.15, 0.2) is 0 Å². The monoisotopic (exact) mass is 648 g/mol. The van der Waals surface area contributed by atoms with E-state index in [0.717, 1.165) is 0 Å². The van der Waals surface area contributed by atoms with E-state index in [9.17, 15) is 0 Å². The molecule has 0 fully saturated rings. The van der Waals surface area contributed by atoms with Crippen LogP contribution >= 0.6 is 23.8 Å². The van der Waals surface area contributed by atoms with Gasteiger partial charge in [0.1, 0.15) is 0 Å². The molecule has 0 atom stereocenters. The average Bonchev–Trinajstić information content (AvgIpc) is 2.75. The third-order valence-electron chi connectivity index (χ3n) is 4.86. The van der Waals surface area contributed by atoms with Crippen molar-refractivity contribution in [2.75, 3.05) is 55.5 Å². The van der Waals surface area contributed by atoms with Crippen molar-refractivity contribution in [3.63, 3.8) is 0 Å². The van der Waals surface area contributed by atoms with Crippen LogP contribution in [-0.4, -0.2) is 62.7 Å². The molecule has 0 N–H and O–H groups in total. The second kappa shape index (κ2) is 39.5. The van der Waals surface area contributed by atoms with E-state index in [-0.39, 0.29) is 17.1 Å². The van der Waals surface area contributed by atoms with E-state index in [1.54, 1.807) is 0 Å². The first-order valence-corrected chi connectivity index (χ1v) is 25.7. The summed E-state index contributed by atoms with van der Waals surface area (Å²) in [6.45, 7) is 27.2. The van der Waals surface area contributed by atoms with Gasteiger partial charge in [-0.15, -0.1) is 23.8 Å². The molecule has 0 aromatic rings. The van der Waals surface area contributed by atoms with Crippen molar-refractivity contribution in [3.8, 4) is 0 Å². The molecule has 0 spiro atoms. The van der Waals surface area contributed by atoms with Crippen LogP contribution in [0.25, 0.3) is 0 Å². The van der Waals surface area contributed by atoms with Crippen molar-refractivity contribution >= 4 is 43.1 Å². The van der Waals surface area contributed by atoms with Crippen LogP contribution in [0.15, 0.2) is 0 Å². The fourth-order valence-corrected chi connectivity index (χ4v) is 11.6. The summed E-state index contributed by atoms with van der Waals surface area (Å²) in [7, 11) is 0.289. The van der Waals surface area contributed by atoms with Crippen molar-refractivity contribution in [1.29, 1.82) is 0 Å². The predicted molar refractivity (Wildman–Crippen MR) is 188 cm³/mol. The molecule has 6 heteroatoms. The molecule has 0 aliphatic rings. The summed E-state index contributed by atoms with van der Waals surface area (Å²) in [5, 5.41) is 0. The molecule has 0 bridgehead atoms.